The molecular weight excluding hydrogens is 270 g/mol. The number of piperidine rings is 1. The van der Waals surface area contributed by atoms with Crippen LogP contribution in [-0.2, 0) is 4.74 Å². The Morgan fingerprint density at radius 2 is 2.05 bits per heavy atom. The Morgan fingerprint density at radius 1 is 1.38 bits per heavy atom. The zero-order valence-corrected chi connectivity index (χ0v) is 12.9. The Balaban J connectivity index is 1.92. The van der Waals surface area contributed by atoms with Gasteiger partial charge in [0, 0.05) is 31.8 Å². The van der Waals surface area contributed by atoms with Crippen LogP contribution in [0.15, 0.2) is 21.3 Å². The Labute approximate surface area is 124 Å². The van der Waals surface area contributed by atoms with Crippen LogP contribution in [0.2, 0.25) is 0 Å². The maximum atomic E-state index is 12.3. The molecule has 0 spiro atoms. The summed E-state index contributed by atoms with van der Waals surface area (Å²) >= 11 is 0. The Hall–Kier alpha value is -1.62. The maximum Gasteiger partial charge on any atom is 0.289 e. The van der Waals surface area contributed by atoms with Crippen molar-refractivity contribution in [1.29, 1.82) is 0 Å². The lowest BCUT2D eigenvalue weighted by Gasteiger charge is -2.31. The number of nitrogens with zero attached hydrogens (tertiary/aromatic N) is 1. The van der Waals surface area contributed by atoms with Gasteiger partial charge in [-0.1, -0.05) is 0 Å². The highest BCUT2D eigenvalue weighted by molar-refractivity contribution is 5.91. The summed E-state index contributed by atoms with van der Waals surface area (Å²) in [6.07, 6.45) is 2.09. The van der Waals surface area contributed by atoms with Crippen molar-refractivity contribution < 1.29 is 13.9 Å². The minimum atomic E-state index is -0.195. The molecule has 1 aliphatic rings. The van der Waals surface area contributed by atoms with Crippen molar-refractivity contribution in [2.45, 2.75) is 39.7 Å². The van der Waals surface area contributed by atoms with E-state index in [1.165, 1.54) is 12.1 Å². The van der Waals surface area contributed by atoms with Gasteiger partial charge in [-0.25, -0.2) is 0 Å². The smallest absolute Gasteiger partial charge is 0.289 e. The number of aryl methyl sites for hydroxylation is 1. The fraction of sp³-hybridized carbons (Fsp3) is 0.625. The molecule has 2 rings (SSSR count). The molecule has 0 saturated carbocycles. The third kappa shape index (κ3) is 4.43. The van der Waals surface area contributed by atoms with Gasteiger partial charge in [-0.3, -0.25) is 9.59 Å². The summed E-state index contributed by atoms with van der Waals surface area (Å²) in [6, 6.07) is 2.65. The Kier molecular flexibility index (Phi) is 5.17. The molecule has 1 aromatic rings. The van der Waals surface area contributed by atoms with E-state index < -0.39 is 0 Å². The monoisotopic (exact) mass is 293 g/mol. The van der Waals surface area contributed by atoms with Crippen LogP contribution in [0.3, 0.4) is 0 Å². The lowest BCUT2D eigenvalue weighted by molar-refractivity contribution is 0.0277. The van der Waals surface area contributed by atoms with Crippen molar-refractivity contribution >= 4 is 5.91 Å². The molecule has 0 radical (unpaired) electrons. The predicted octanol–water partition coefficient (Wildman–Crippen LogP) is 2.23. The highest BCUT2D eigenvalue weighted by Gasteiger charge is 2.25. The quantitative estimate of drug-likeness (QED) is 0.854. The van der Waals surface area contributed by atoms with Gasteiger partial charge in [0.2, 0.25) is 0 Å². The molecule has 0 bridgehead atoms. The summed E-state index contributed by atoms with van der Waals surface area (Å²) in [5.74, 6) is 0.906. The first-order valence-corrected chi connectivity index (χ1v) is 7.48. The molecular formula is C16H23NO4. The largest absolute Gasteiger partial charge is 0.456 e. The van der Waals surface area contributed by atoms with Crippen LogP contribution in [0.4, 0.5) is 0 Å². The molecule has 0 N–H and O–H groups in total. The topological polar surface area (TPSA) is 59.8 Å². The number of carbonyl (C=O) groups is 1. The van der Waals surface area contributed by atoms with Gasteiger partial charge in [0.05, 0.1) is 6.10 Å². The SMILES string of the molecule is Cc1cc(=O)cc(C(=O)N2CCC(COC(C)C)CC2)o1. The fourth-order valence-corrected chi connectivity index (χ4v) is 2.50. The van der Waals surface area contributed by atoms with E-state index in [0.717, 1.165) is 19.4 Å². The average molecular weight is 293 g/mol. The standard InChI is InChI=1S/C16H23NO4/c1-11(2)20-10-13-4-6-17(7-5-13)16(19)15-9-14(18)8-12(3)21-15/h8-9,11,13H,4-7,10H2,1-3H3. The molecule has 116 valence electrons. The molecule has 0 atom stereocenters. The van der Waals surface area contributed by atoms with Gasteiger partial charge in [-0.2, -0.15) is 0 Å². The van der Waals surface area contributed by atoms with Gasteiger partial charge in [-0.15, -0.1) is 0 Å². The Morgan fingerprint density at radius 3 is 2.62 bits per heavy atom. The van der Waals surface area contributed by atoms with Gasteiger partial charge in [0.15, 0.2) is 11.2 Å². The molecule has 0 aromatic carbocycles. The summed E-state index contributed by atoms with van der Waals surface area (Å²) in [5.41, 5.74) is -0.192. The highest BCUT2D eigenvalue weighted by atomic mass is 16.5. The second-order valence-corrected chi connectivity index (χ2v) is 5.89. The van der Waals surface area contributed by atoms with E-state index in [9.17, 15) is 9.59 Å². The van der Waals surface area contributed by atoms with E-state index in [0.29, 0.717) is 24.8 Å². The first kappa shape index (κ1) is 15.8. The number of rotatable bonds is 4. The van der Waals surface area contributed by atoms with Crippen molar-refractivity contribution in [3.8, 4) is 0 Å². The van der Waals surface area contributed by atoms with Crippen LogP contribution in [0.25, 0.3) is 0 Å². The lowest BCUT2D eigenvalue weighted by atomic mass is 9.97. The molecule has 1 amide bonds. The second kappa shape index (κ2) is 6.89. The molecule has 1 aromatic heterocycles. The minimum Gasteiger partial charge on any atom is -0.456 e. The van der Waals surface area contributed by atoms with Gasteiger partial charge >= 0.3 is 0 Å². The Bertz CT molecular complexity index is 541. The van der Waals surface area contributed by atoms with Crippen molar-refractivity contribution in [2.75, 3.05) is 19.7 Å². The van der Waals surface area contributed by atoms with Gasteiger partial charge < -0.3 is 14.1 Å². The lowest BCUT2D eigenvalue weighted by Crippen LogP contribution is -2.39. The van der Waals surface area contributed by atoms with E-state index in [1.807, 2.05) is 13.8 Å². The summed E-state index contributed by atoms with van der Waals surface area (Å²) in [6.45, 7) is 7.84. The first-order chi connectivity index (χ1) is 9.95. The molecule has 2 heterocycles. The van der Waals surface area contributed by atoms with Crippen molar-refractivity contribution in [2.24, 2.45) is 5.92 Å². The number of hydrogen-bond donors (Lipinski definition) is 0. The van der Waals surface area contributed by atoms with Crippen LogP contribution in [0.5, 0.6) is 0 Å². The average Bonchev–Trinajstić information content (AvgIpc) is 2.44. The van der Waals surface area contributed by atoms with Crippen LogP contribution >= 0.6 is 0 Å². The molecule has 1 aliphatic heterocycles. The summed E-state index contributed by atoms with van der Waals surface area (Å²) < 4.78 is 11.0. The van der Waals surface area contributed by atoms with Crippen LogP contribution in [-0.4, -0.2) is 36.6 Å². The van der Waals surface area contributed by atoms with E-state index in [2.05, 4.69) is 0 Å². The normalized spacial score (nSPS) is 16.5. The second-order valence-electron chi connectivity index (χ2n) is 5.89. The molecule has 1 fully saturated rings. The number of amides is 1. The number of ether oxygens (including phenoxy) is 1. The first-order valence-electron chi connectivity index (χ1n) is 7.48. The van der Waals surface area contributed by atoms with Crippen molar-refractivity contribution in [3.05, 3.63) is 33.9 Å². The number of likely N-dealkylation sites (tertiary alicyclic amines) is 1. The fourth-order valence-electron chi connectivity index (χ4n) is 2.50. The van der Waals surface area contributed by atoms with Gasteiger partial charge in [0.1, 0.15) is 5.76 Å². The summed E-state index contributed by atoms with van der Waals surface area (Å²) in [7, 11) is 0. The van der Waals surface area contributed by atoms with Crippen molar-refractivity contribution in [1.82, 2.24) is 4.90 Å². The summed E-state index contributed by atoms with van der Waals surface area (Å²) in [4.78, 5) is 25.5. The minimum absolute atomic E-state index is 0.136. The van der Waals surface area contributed by atoms with Crippen LogP contribution in [0.1, 0.15) is 43.0 Å². The van der Waals surface area contributed by atoms with Crippen molar-refractivity contribution in [3.63, 3.8) is 0 Å². The van der Waals surface area contributed by atoms with E-state index in [4.69, 9.17) is 9.15 Å². The van der Waals surface area contributed by atoms with Gasteiger partial charge in [-0.05, 0) is 39.5 Å². The molecule has 0 aliphatic carbocycles. The van der Waals surface area contributed by atoms with Gasteiger partial charge in [0.25, 0.3) is 5.91 Å². The molecule has 0 unspecified atom stereocenters. The molecule has 21 heavy (non-hydrogen) atoms. The van der Waals surface area contributed by atoms with Crippen LogP contribution in [0, 0.1) is 12.8 Å². The third-order valence-corrected chi connectivity index (χ3v) is 3.67. The zero-order valence-electron chi connectivity index (χ0n) is 12.9. The molecule has 1 saturated heterocycles. The van der Waals surface area contributed by atoms with Crippen LogP contribution < -0.4 is 5.43 Å². The summed E-state index contributed by atoms with van der Waals surface area (Å²) in [5, 5.41) is 0. The maximum absolute atomic E-state index is 12.3. The molecule has 5 heteroatoms. The van der Waals surface area contributed by atoms with E-state index in [1.54, 1.807) is 11.8 Å². The highest BCUT2D eigenvalue weighted by Crippen LogP contribution is 2.19. The van der Waals surface area contributed by atoms with E-state index in [-0.39, 0.29) is 23.2 Å². The third-order valence-electron chi connectivity index (χ3n) is 3.67. The predicted molar refractivity (Wildman–Crippen MR) is 79.4 cm³/mol. The number of hydrogen-bond acceptors (Lipinski definition) is 4. The van der Waals surface area contributed by atoms with E-state index >= 15 is 0 Å². The number of carbonyl (C=O) groups excluding carboxylic acids is 1. The molecule has 5 nitrogen and oxygen atoms in total. The zero-order chi connectivity index (χ0) is 15.4.